The fraction of sp³-hybridized carbons (Fsp3) is 0.556. The second-order valence-corrected chi connectivity index (χ2v) is 2.88. The first-order chi connectivity index (χ1) is 6.77. The van der Waals surface area contributed by atoms with Gasteiger partial charge < -0.3 is 10.5 Å². The van der Waals surface area contributed by atoms with Crippen LogP contribution < -0.4 is 11.3 Å². The summed E-state index contributed by atoms with van der Waals surface area (Å²) in [5.74, 6) is 0. The van der Waals surface area contributed by atoms with Crippen molar-refractivity contribution >= 4 is 0 Å². The molecule has 5 heteroatoms. The summed E-state index contributed by atoms with van der Waals surface area (Å²) < 4.78 is 6.83. The van der Waals surface area contributed by atoms with E-state index in [4.69, 9.17) is 10.5 Å². The van der Waals surface area contributed by atoms with Gasteiger partial charge in [0.25, 0.3) is 5.56 Å². The zero-order valence-electron chi connectivity index (χ0n) is 8.22. The minimum Gasteiger partial charge on any atom is -0.375 e. The standard InChI is InChI=1S/C9H15N3O2/c1-2-14-8(5-10)6-12-7-11-4-3-9(12)13/h3-4,7-8H,2,5-6,10H2,1H3. The lowest BCUT2D eigenvalue weighted by molar-refractivity contribution is 0.0558. The Kier molecular flexibility index (Phi) is 4.28. The number of hydrogen-bond acceptors (Lipinski definition) is 4. The molecule has 78 valence electrons. The highest BCUT2D eigenvalue weighted by Gasteiger charge is 2.07. The van der Waals surface area contributed by atoms with Crippen LogP contribution in [0.3, 0.4) is 0 Å². The molecule has 0 aliphatic carbocycles. The first-order valence-electron chi connectivity index (χ1n) is 4.60. The zero-order chi connectivity index (χ0) is 10.4. The van der Waals surface area contributed by atoms with E-state index in [1.165, 1.54) is 23.2 Å². The van der Waals surface area contributed by atoms with E-state index in [0.717, 1.165) is 0 Å². The van der Waals surface area contributed by atoms with Gasteiger partial charge in [0.2, 0.25) is 0 Å². The second-order valence-electron chi connectivity index (χ2n) is 2.88. The molecule has 14 heavy (non-hydrogen) atoms. The summed E-state index contributed by atoms with van der Waals surface area (Å²) >= 11 is 0. The summed E-state index contributed by atoms with van der Waals surface area (Å²) in [6.45, 7) is 3.34. The van der Waals surface area contributed by atoms with Crippen molar-refractivity contribution in [1.82, 2.24) is 9.55 Å². The van der Waals surface area contributed by atoms with Crippen molar-refractivity contribution in [3.05, 3.63) is 28.9 Å². The molecule has 0 saturated carbocycles. The van der Waals surface area contributed by atoms with Crippen molar-refractivity contribution in [3.63, 3.8) is 0 Å². The molecule has 0 aliphatic heterocycles. The van der Waals surface area contributed by atoms with E-state index in [1.807, 2.05) is 6.92 Å². The molecule has 2 N–H and O–H groups in total. The molecule has 1 aromatic heterocycles. The van der Waals surface area contributed by atoms with E-state index in [0.29, 0.717) is 19.7 Å². The molecule has 1 aromatic rings. The van der Waals surface area contributed by atoms with E-state index in [1.54, 1.807) is 0 Å². The summed E-state index contributed by atoms with van der Waals surface area (Å²) in [7, 11) is 0. The first kappa shape index (κ1) is 10.9. The van der Waals surface area contributed by atoms with Crippen LogP contribution in [0.5, 0.6) is 0 Å². The Hall–Kier alpha value is -1.20. The Bertz CT molecular complexity index is 324. The number of hydrogen-bond donors (Lipinski definition) is 1. The Morgan fingerprint density at radius 1 is 1.71 bits per heavy atom. The smallest absolute Gasteiger partial charge is 0.253 e. The van der Waals surface area contributed by atoms with Gasteiger partial charge in [-0.2, -0.15) is 0 Å². The van der Waals surface area contributed by atoms with Crippen molar-refractivity contribution in [3.8, 4) is 0 Å². The largest absolute Gasteiger partial charge is 0.375 e. The lowest BCUT2D eigenvalue weighted by Gasteiger charge is -2.15. The van der Waals surface area contributed by atoms with Gasteiger partial charge in [0.15, 0.2) is 0 Å². The normalized spacial score (nSPS) is 12.7. The Labute approximate surface area is 82.5 Å². The van der Waals surface area contributed by atoms with E-state index >= 15 is 0 Å². The van der Waals surface area contributed by atoms with Crippen LogP contribution in [0.2, 0.25) is 0 Å². The molecule has 0 radical (unpaired) electrons. The topological polar surface area (TPSA) is 70.1 Å². The molecule has 0 amide bonds. The van der Waals surface area contributed by atoms with Gasteiger partial charge in [-0.25, -0.2) is 4.98 Å². The van der Waals surface area contributed by atoms with Crippen molar-refractivity contribution in [2.24, 2.45) is 5.73 Å². The fourth-order valence-corrected chi connectivity index (χ4v) is 1.17. The minimum absolute atomic E-state index is 0.0850. The van der Waals surface area contributed by atoms with Crippen LogP contribution in [0.1, 0.15) is 6.92 Å². The van der Waals surface area contributed by atoms with Crippen LogP contribution >= 0.6 is 0 Å². The lowest BCUT2D eigenvalue weighted by atomic mass is 10.3. The van der Waals surface area contributed by atoms with Gasteiger partial charge in [-0.05, 0) is 6.92 Å². The van der Waals surface area contributed by atoms with Gasteiger partial charge in [-0.15, -0.1) is 0 Å². The maximum Gasteiger partial charge on any atom is 0.253 e. The summed E-state index contributed by atoms with van der Waals surface area (Å²) in [4.78, 5) is 15.2. The zero-order valence-corrected chi connectivity index (χ0v) is 8.22. The van der Waals surface area contributed by atoms with Gasteiger partial charge in [0.1, 0.15) is 0 Å². The van der Waals surface area contributed by atoms with E-state index < -0.39 is 0 Å². The quantitative estimate of drug-likeness (QED) is 0.697. The Balaban J connectivity index is 2.67. The third-order valence-electron chi connectivity index (χ3n) is 1.86. The molecule has 1 rings (SSSR count). The summed E-state index contributed by atoms with van der Waals surface area (Å²) in [6, 6.07) is 1.42. The molecule has 1 unspecified atom stereocenters. The molecule has 0 spiro atoms. The summed E-state index contributed by atoms with van der Waals surface area (Å²) in [6.07, 6.45) is 2.84. The number of rotatable bonds is 5. The predicted octanol–water partition coefficient (Wildman–Crippen LogP) is -0.393. The van der Waals surface area contributed by atoms with Crippen LogP contribution in [0.25, 0.3) is 0 Å². The lowest BCUT2D eigenvalue weighted by Crippen LogP contribution is -2.33. The van der Waals surface area contributed by atoms with Crippen LogP contribution in [-0.2, 0) is 11.3 Å². The first-order valence-corrected chi connectivity index (χ1v) is 4.60. The molecule has 0 fully saturated rings. The predicted molar refractivity (Wildman–Crippen MR) is 53.0 cm³/mol. The van der Waals surface area contributed by atoms with Crippen LogP contribution in [0.4, 0.5) is 0 Å². The van der Waals surface area contributed by atoms with Crippen molar-refractivity contribution in [2.75, 3.05) is 13.2 Å². The average Bonchev–Trinajstić information content (AvgIpc) is 2.20. The monoisotopic (exact) mass is 197 g/mol. The van der Waals surface area contributed by atoms with Gasteiger partial charge in [-0.3, -0.25) is 9.36 Å². The minimum atomic E-state index is -0.123. The Morgan fingerprint density at radius 3 is 3.07 bits per heavy atom. The van der Waals surface area contributed by atoms with Gasteiger partial charge in [0.05, 0.1) is 19.0 Å². The van der Waals surface area contributed by atoms with Gasteiger partial charge in [0, 0.05) is 25.4 Å². The van der Waals surface area contributed by atoms with Crippen LogP contribution in [0.15, 0.2) is 23.4 Å². The molecule has 0 bridgehead atoms. The molecule has 5 nitrogen and oxygen atoms in total. The van der Waals surface area contributed by atoms with Crippen LogP contribution in [-0.4, -0.2) is 28.8 Å². The van der Waals surface area contributed by atoms with Gasteiger partial charge in [-0.1, -0.05) is 0 Å². The highest BCUT2D eigenvalue weighted by atomic mass is 16.5. The molecule has 0 aliphatic rings. The SMILES string of the molecule is CCOC(CN)Cn1cnccc1=O. The van der Waals surface area contributed by atoms with Gasteiger partial charge >= 0.3 is 0 Å². The fourth-order valence-electron chi connectivity index (χ4n) is 1.17. The molecule has 0 aromatic carbocycles. The molecule has 1 heterocycles. The summed E-state index contributed by atoms with van der Waals surface area (Å²) in [5, 5.41) is 0. The number of ether oxygens (including phenoxy) is 1. The second kappa shape index (κ2) is 5.51. The summed E-state index contributed by atoms with van der Waals surface area (Å²) in [5.41, 5.74) is 5.41. The van der Waals surface area contributed by atoms with E-state index in [2.05, 4.69) is 4.98 Å². The van der Waals surface area contributed by atoms with Crippen molar-refractivity contribution < 1.29 is 4.74 Å². The maximum atomic E-state index is 11.3. The molecule has 1 atom stereocenters. The Morgan fingerprint density at radius 2 is 2.50 bits per heavy atom. The number of aromatic nitrogens is 2. The van der Waals surface area contributed by atoms with Crippen molar-refractivity contribution in [2.45, 2.75) is 19.6 Å². The molecular weight excluding hydrogens is 182 g/mol. The van der Waals surface area contributed by atoms with Crippen molar-refractivity contribution in [1.29, 1.82) is 0 Å². The van der Waals surface area contributed by atoms with E-state index in [9.17, 15) is 4.79 Å². The molecule has 0 saturated heterocycles. The van der Waals surface area contributed by atoms with E-state index in [-0.39, 0.29) is 11.7 Å². The highest BCUT2D eigenvalue weighted by Crippen LogP contribution is 1.92. The maximum absolute atomic E-state index is 11.3. The average molecular weight is 197 g/mol. The number of nitrogens with two attached hydrogens (primary N) is 1. The highest BCUT2D eigenvalue weighted by molar-refractivity contribution is 4.82. The number of nitrogens with zero attached hydrogens (tertiary/aromatic N) is 2. The third kappa shape index (κ3) is 2.93. The molecular formula is C9H15N3O2. The van der Waals surface area contributed by atoms with Crippen LogP contribution in [0, 0.1) is 0 Å². The third-order valence-corrected chi connectivity index (χ3v) is 1.86.